The van der Waals surface area contributed by atoms with Gasteiger partial charge in [-0.1, -0.05) is 30.7 Å². The quantitative estimate of drug-likeness (QED) is 0.756. The molecule has 0 heterocycles. The van der Waals surface area contributed by atoms with Gasteiger partial charge in [-0.05, 0) is 18.1 Å². The molecule has 3 N–H and O–H groups in total. The summed E-state index contributed by atoms with van der Waals surface area (Å²) in [5.41, 5.74) is 7.44. The van der Waals surface area contributed by atoms with Gasteiger partial charge in [0.25, 0.3) is 0 Å². The molecule has 3 heteroatoms. The Hall–Kier alpha value is -0.990. The lowest BCUT2D eigenvalue weighted by Crippen LogP contribution is -2.07. The molecule has 0 aliphatic rings. The normalized spacial score (nSPS) is 12.5. The minimum Gasteiger partial charge on any atom is -0.506 e. The van der Waals surface area contributed by atoms with Gasteiger partial charge in [0, 0.05) is 5.56 Å². The van der Waals surface area contributed by atoms with Crippen molar-refractivity contribution in [3.8, 4) is 5.75 Å². The van der Waals surface area contributed by atoms with Gasteiger partial charge in [-0.2, -0.15) is 0 Å². The van der Waals surface area contributed by atoms with E-state index in [1.54, 1.807) is 12.1 Å². The Morgan fingerprint density at radius 2 is 2.29 bits per heavy atom. The van der Waals surface area contributed by atoms with Crippen molar-refractivity contribution in [2.45, 2.75) is 19.4 Å². The summed E-state index contributed by atoms with van der Waals surface area (Å²) >= 11 is 5.86. The van der Waals surface area contributed by atoms with Crippen molar-refractivity contribution in [3.63, 3.8) is 0 Å². The molecular weight excluding hydrogens is 198 g/mol. The largest absolute Gasteiger partial charge is 0.506 e. The molecule has 0 aromatic heterocycles. The first-order valence-electron chi connectivity index (χ1n) is 4.49. The zero-order valence-electron chi connectivity index (χ0n) is 8.13. The highest BCUT2D eigenvalue weighted by Gasteiger charge is 2.11. The SMILES string of the molecule is C=C[C@@H](N)c1cc(CC)cc(Cl)c1O. The van der Waals surface area contributed by atoms with E-state index in [0.29, 0.717) is 10.6 Å². The lowest BCUT2D eigenvalue weighted by molar-refractivity contribution is 0.466. The first kappa shape index (κ1) is 11.1. The Balaban J connectivity index is 3.26. The van der Waals surface area contributed by atoms with Crippen molar-refractivity contribution < 1.29 is 5.11 Å². The molecule has 0 fully saturated rings. The van der Waals surface area contributed by atoms with Crippen LogP contribution in [-0.4, -0.2) is 5.11 Å². The van der Waals surface area contributed by atoms with Crippen LogP contribution in [0.4, 0.5) is 0 Å². The van der Waals surface area contributed by atoms with Gasteiger partial charge >= 0.3 is 0 Å². The third-order valence-corrected chi connectivity index (χ3v) is 2.46. The summed E-state index contributed by atoms with van der Waals surface area (Å²) < 4.78 is 0. The molecule has 0 bridgehead atoms. The van der Waals surface area contributed by atoms with E-state index in [-0.39, 0.29) is 11.8 Å². The van der Waals surface area contributed by atoms with Crippen LogP contribution in [0.1, 0.15) is 24.1 Å². The average Bonchev–Trinajstić information content (AvgIpc) is 2.20. The van der Waals surface area contributed by atoms with Crippen LogP contribution in [0.2, 0.25) is 5.02 Å². The average molecular weight is 212 g/mol. The lowest BCUT2D eigenvalue weighted by atomic mass is 10.0. The van der Waals surface area contributed by atoms with Crippen molar-refractivity contribution in [2.24, 2.45) is 5.73 Å². The summed E-state index contributed by atoms with van der Waals surface area (Å²) in [6.07, 6.45) is 2.43. The number of hydrogen-bond acceptors (Lipinski definition) is 2. The topological polar surface area (TPSA) is 46.2 Å². The summed E-state index contributed by atoms with van der Waals surface area (Å²) in [5.74, 6) is 0.0521. The monoisotopic (exact) mass is 211 g/mol. The highest BCUT2D eigenvalue weighted by Crippen LogP contribution is 2.32. The highest BCUT2D eigenvalue weighted by atomic mass is 35.5. The standard InChI is InChI=1S/C11H14ClNO/c1-3-7-5-8(10(13)4-2)11(14)9(12)6-7/h4-6,10,14H,2-3,13H2,1H3/t10-/m1/s1. The number of benzene rings is 1. The number of aromatic hydroxyl groups is 1. The molecule has 0 amide bonds. The van der Waals surface area contributed by atoms with Crippen LogP contribution in [0, 0.1) is 0 Å². The van der Waals surface area contributed by atoms with Gasteiger partial charge in [-0.3, -0.25) is 0 Å². The smallest absolute Gasteiger partial charge is 0.139 e. The Kier molecular flexibility index (Phi) is 3.55. The molecule has 0 spiro atoms. The number of halogens is 1. The van der Waals surface area contributed by atoms with E-state index >= 15 is 0 Å². The Morgan fingerprint density at radius 1 is 1.64 bits per heavy atom. The van der Waals surface area contributed by atoms with Crippen LogP contribution in [-0.2, 0) is 6.42 Å². The summed E-state index contributed by atoms with van der Waals surface area (Å²) in [5, 5.41) is 10.0. The molecule has 0 aliphatic heterocycles. The maximum atomic E-state index is 9.66. The second kappa shape index (κ2) is 4.49. The molecule has 0 saturated carbocycles. The molecule has 2 nitrogen and oxygen atoms in total. The summed E-state index contributed by atoms with van der Waals surface area (Å²) in [6, 6.07) is 3.23. The number of phenolic OH excluding ortho intramolecular Hbond substituents is 1. The van der Waals surface area contributed by atoms with Crippen LogP contribution in [0.15, 0.2) is 24.8 Å². The molecule has 14 heavy (non-hydrogen) atoms. The molecule has 0 unspecified atom stereocenters. The van der Waals surface area contributed by atoms with E-state index in [0.717, 1.165) is 12.0 Å². The van der Waals surface area contributed by atoms with Crippen LogP contribution in [0.5, 0.6) is 5.75 Å². The fraction of sp³-hybridized carbons (Fsp3) is 0.273. The number of aryl methyl sites for hydroxylation is 1. The van der Waals surface area contributed by atoms with Gasteiger partial charge in [0.2, 0.25) is 0 Å². The molecule has 0 radical (unpaired) electrons. The van der Waals surface area contributed by atoms with Gasteiger partial charge in [0.1, 0.15) is 5.75 Å². The minimum atomic E-state index is -0.376. The molecule has 1 rings (SSSR count). The van der Waals surface area contributed by atoms with Gasteiger partial charge in [-0.25, -0.2) is 0 Å². The first-order valence-corrected chi connectivity index (χ1v) is 4.87. The number of hydrogen-bond donors (Lipinski definition) is 2. The van der Waals surface area contributed by atoms with E-state index in [2.05, 4.69) is 6.58 Å². The van der Waals surface area contributed by atoms with Crippen molar-refractivity contribution in [1.82, 2.24) is 0 Å². The molecule has 1 aromatic carbocycles. The molecule has 0 aliphatic carbocycles. The molecule has 76 valence electrons. The fourth-order valence-electron chi connectivity index (χ4n) is 1.26. The zero-order valence-corrected chi connectivity index (χ0v) is 8.88. The van der Waals surface area contributed by atoms with Gasteiger partial charge in [0.15, 0.2) is 0 Å². The van der Waals surface area contributed by atoms with Crippen molar-refractivity contribution in [3.05, 3.63) is 40.9 Å². The number of rotatable bonds is 3. The van der Waals surface area contributed by atoms with Gasteiger partial charge in [-0.15, -0.1) is 6.58 Å². The third-order valence-electron chi connectivity index (χ3n) is 2.17. The fourth-order valence-corrected chi connectivity index (χ4v) is 1.51. The third kappa shape index (κ3) is 2.08. The second-order valence-corrected chi connectivity index (χ2v) is 3.54. The van der Waals surface area contributed by atoms with E-state index in [1.807, 2.05) is 13.0 Å². The van der Waals surface area contributed by atoms with Crippen molar-refractivity contribution >= 4 is 11.6 Å². The molecule has 1 aromatic rings. The van der Waals surface area contributed by atoms with E-state index in [9.17, 15) is 5.11 Å². The molecular formula is C11H14ClNO. The summed E-state index contributed by atoms with van der Waals surface area (Å²) in [4.78, 5) is 0. The number of nitrogens with two attached hydrogens (primary N) is 1. The van der Waals surface area contributed by atoms with E-state index < -0.39 is 0 Å². The minimum absolute atomic E-state index is 0.0521. The molecule has 1 atom stereocenters. The van der Waals surface area contributed by atoms with Crippen LogP contribution in [0.3, 0.4) is 0 Å². The van der Waals surface area contributed by atoms with E-state index in [1.165, 1.54) is 0 Å². The number of phenols is 1. The van der Waals surface area contributed by atoms with E-state index in [4.69, 9.17) is 17.3 Å². The van der Waals surface area contributed by atoms with Crippen LogP contribution < -0.4 is 5.73 Å². The van der Waals surface area contributed by atoms with Gasteiger partial charge < -0.3 is 10.8 Å². The lowest BCUT2D eigenvalue weighted by Gasteiger charge is -2.12. The Bertz CT molecular complexity index is 349. The molecule has 0 saturated heterocycles. The maximum absolute atomic E-state index is 9.66. The summed E-state index contributed by atoms with van der Waals surface area (Å²) in [6.45, 7) is 5.60. The Morgan fingerprint density at radius 3 is 2.79 bits per heavy atom. The van der Waals surface area contributed by atoms with Crippen LogP contribution >= 0.6 is 11.6 Å². The predicted molar refractivity (Wildman–Crippen MR) is 59.6 cm³/mol. The Labute approximate surface area is 89.0 Å². The van der Waals surface area contributed by atoms with Gasteiger partial charge in [0.05, 0.1) is 11.1 Å². The second-order valence-electron chi connectivity index (χ2n) is 3.13. The summed E-state index contributed by atoms with van der Waals surface area (Å²) in [7, 11) is 0. The highest BCUT2D eigenvalue weighted by molar-refractivity contribution is 6.32. The van der Waals surface area contributed by atoms with Crippen molar-refractivity contribution in [1.29, 1.82) is 0 Å². The van der Waals surface area contributed by atoms with Crippen molar-refractivity contribution in [2.75, 3.05) is 0 Å². The van der Waals surface area contributed by atoms with Crippen LogP contribution in [0.25, 0.3) is 0 Å². The maximum Gasteiger partial charge on any atom is 0.139 e. The predicted octanol–water partition coefficient (Wildman–Crippen LogP) is 2.79. The zero-order chi connectivity index (χ0) is 10.7. The first-order chi connectivity index (χ1) is 6.60.